The van der Waals surface area contributed by atoms with Crippen molar-refractivity contribution in [2.75, 3.05) is 12.4 Å². The highest BCUT2D eigenvalue weighted by Crippen LogP contribution is 2.25. The summed E-state index contributed by atoms with van der Waals surface area (Å²) in [6.45, 7) is -0.259. The molecule has 0 aliphatic rings. The second kappa shape index (κ2) is 6.13. The van der Waals surface area contributed by atoms with Crippen LogP contribution < -0.4 is 0 Å². The Bertz CT molecular complexity index is 378. The predicted octanol–water partition coefficient (Wildman–Crippen LogP) is 1.77. The van der Waals surface area contributed by atoms with Crippen LogP contribution in [-0.2, 0) is 0 Å². The fourth-order valence-electron chi connectivity index (χ4n) is 0.954. The van der Waals surface area contributed by atoms with Gasteiger partial charge in [0.1, 0.15) is 6.07 Å². The van der Waals surface area contributed by atoms with Crippen LogP contribution in [0.25, 0.3) is 0 Å². The van der Waals surface area contributed by atoms with Crippen LogP contribution in [0, 0.1) is 11.3 Å². The summed E-state index contributed by atoms with van der Waals surface area (Å²) in [6, 6.07) is 7.47. The minimum Gasteiger partial charge on any atom is -0.394 e. The smallest absolute Gasteiger partial charge is 0.100 e. The van der Waals surface area contributed by atoms with E-state index >= 15 is 0 Å². The third kappa shape index (κ3) is 3.84. The number of aliphatic hydroxyl groups excluding tert-OH is 2. The van der Waals surface area contributed by atoms with Gasteiger partial charge in [-0.15, -0.1) is 11.8 Å². The SMILES string of the molecule is N#Cc1cc(Br)ccc1SCC(O)CO. The second-order valence-electron chi connectivity index (χ2n) is 2.90. The molecule has 0 aliphatic carbocycles. The van der Waals surface area contributed by atoms with Gasteiger partial charge in [0.15, 0.2) is 0 Å². The Kier molecular flexibility index (Phi) is 5.12. The first-order chi connectivity index (χ1) is 7.17. The third-order valence-electron chi connectivity index (χ3n) is 1.70. The van der Waals surface area contributed by atoms with Gasteiger partial charge in [-0.05, 0) is 18.2 Å². The molecule has 1 atom stereocenters. The van der Waals surface area contributed by atoms with Crippen molar-refractivity contribution in [1.82, 2.24) is 0 Å². The van der Waals surface area contributed by atoms with Gasteiger partial charge in [0.25, 0.3) is 0 Å². The topological polar surface area (TPSA) is 64.2 Å². The summed E-state index contributed by atoms with van der Waals surface area (Å²) >= 11 is 4.64. The maximum Gasteiger partial charge on any atom is 0.100 e. The molecule has 1 aromatic carbocycles. The molecule has 0 aromatic heterocycles. The first-order valence-electron chi connectivity index (χ1n) is 4.28. The lowest BCUT2D eigenvalue weighted by Gasteiger charge is -2.07. The van der Waals surface area contributed by atoms with Gasteiger partial charge in [-0.2, -0.15) is 5.26 Å². The number of aliphatic hydroxyl groups is 2. The molecule has 1 aromatic rings. The number of nitrogens with zero attached hydrogens (tertiary/aromatic N) is 1. The minimum atomic E-state index is -0.745. The summed E-state index contributed by atoms with van der Waals surface area (Å²) in [6.07, 6.45) is -0.745. The van der Waals surface area contributed by atoms with Crippen molar-refractivity contribution in [2.45, 2.75) is 11.0 Å². The zero-order valence-electron chi connectivity index (χ0n) is 7.85. The Labute approximate surface area is 101 Å². The standard InChI is InChI=1S/C10H10BrNO2S/c11-8-1-2-10(7(3-8)4-12)15-6-9(14)5-13/h1-3,9,13-14H,5-6H2. The van der Waals surface area contributed by atoms with Gasteiger partial charge in [-0.25, -0.2) is 0 Å². The van der Waals surface area contributed by atoms with Gasteiger partial charge in [0, 0.05) is 15.1 Å². The Morgan fingerprint density at radius 2 is 2.27 bits per heavy atom. The van der Waals surface area contributed by atoms with E-state index in [-0.39, 0.29) is 6.61 Å². The van der Waals surface area contributed by atoms with Gasteiger partial charge in [-0.3, -0.25) is 0 Å². The lowest BCUT2D eigenvalue weighted by atomic mass is 10.2. The molecule has 3 nitrogen and oxygen atoms in total. The van der Waals surface area contributed by atoms with E-state index in [9.17, 15) is 5.11 Å². The van der Waals surface area contributed by atoms with Crippen molar-refractivity contribution in [1.29, 1.82) is 5.26 Å². The molecular weight excluding hydrogens is 278 g/mol. The summed E-state index contributed by atoms with van der Waals surface area (Å²) in [7, 11) is 0. The molecule has 5 heteroatoms. The minimum absolute atomic E-state index is 0.259. The van der Waals surface area contributed by atoms with Gasteiger partial charge >= 0.3 is 0 Å². The first-order valence-corrected chi connectivity index (χ1v) is 6.06. The molecule has 0 saturated heterocycles. The maximum absolute atomic E-state index is 9.17. The van der Waals surface area contributed by atoms with Crippen LogP contribution in [0.2, 0.25) is 0 Å². The van der Waals surface area contributed by atoms with Crippen molar-refractivity contribution < 1.29 is 10.2 Å². The lowest BCUT2D eigenvalue weighted by Crippen LogP contribution is -2.14. The van der Waals surface area contributed by atoms with Crippen LogP contribution in [0.1, 0.15) is 5.56 Å². The molecule has 0 bridgehead atoms. The van der Waals surface area contributed by atoms with Crippen LogP contribution in [0.5, 0.6) is 0 Å². The summed E-state index contributed by atoms with van der Waals surface area (Å²) in [5, 5.41) is 26.7. The molecular formula is C10H10BrNO2S. The molecule has 1 rings (SSSR count). The number of hydrogen-bond donors (Lipinski definition) is 2. The molecule has 0 spiro atoms. The number of thioether (sulfide) groups is 1. The van der Waals surface area contributed by atoms with E-state index in [0.717, 1.165) is 9.37 Å². The summed E-state index contributed by atoms with van der Waals surface area (Å²) < 4.78 is 0.853. The van der Waals surface area contributed by atoms with Crippen LogP contribution in [0.3, 0.4) is 0 Å². The Balaban J connectivity index is 2.73. The van der Waals surface area contributed by atoms with Crippen LogP contribution in [0.15, 0.2) is 27.6 Å². The fourth-order valence-corrected chi connectivity index (χ4v) is 2.22. The lowest BCUT2D eigenvalue weighted by molar-refractivity contribution is 0.113. The summed E-state index contributed by atoms with van der Waals surface area (Å²) in [5.41, 5.74) is 0.569. The van der Waals surface area contributed by atoms with Crippen molar-refractivity contribution in [3.8, 4) is 6.07 Å². The normalized spacial score (nSPS) is 12.1. The molecule has 2 N–H and O–H groups in total. The molecule has 0 radical (unpaired) electrons. The highest BCUT2D eigenvalue weighted by Gasteiger charge is 2.07. The van der Waals surface area contributed by atoms with Crippen LogP contribution in [-0.4, -0.2) is 28.7 Å². The van der Waals surface area contributed by atoms with Crippen molar-refractivity contribution in [3.63, 3.8) is 0 Å². The predicted molar refractivity (Wildman–Crippen MR) is 62.7 cm³/mol. The Morgan fingerprint density at radius 3 is 2.87 bits per heavy atom. The molecule has 0 amide bonds. The van der Waals surface area contributed by atoms with Crippen molar-refractivity contribution >= 4 is 27.7 Å². The molecule has 0 saturated carbocycles. The van der Waals surface area contributed by atoms with Crippen molar-refractivity contribution in [3.05, 3.63) is 28.2 Å². The Morgan fingerprint density at radius 1 is 1.53 bits per heavy atom. The third-order valence-corrected chi connectivity index (χ3v) is 3.42. The first kappa shape index (κ1) is 12.5. The molecule has 1 unspecified atom stereocenters. The van der Waals surface area contributed by atoms with E-state index in [0.29, 0.717) is 11.3 Å². The average molecular weight is 288 g/mol. The highest BCUT2D eigenvalue weighted by molar-refractivity contribution is 9.10. The zero-order valence-corrected chi connectivity index (χ0v) is 10.3. The van der Waals surface area contributed by atoms with E-state index in [2.05, 4.69) is 22.0 Å². The summed E-state index contributed by atoms with van der Waals surface area (Å²) in [4.78, 5) is 0.813. The molecule has 0 fully saturated rings. The Hall–Kier alpha value is -0.540. The van der Waals surface area contributed by atoms with E-state index < -0.39 is 6.10 Å². The quantitative estimate of drug-likeness (QED) is 0.829. The van der Waals surface area contributed by atoms with Crippen molar-refractivity contribution in [2.24, 2.45) is 0 Å². The zero-order chi connectivity index (χ0) is 11.3. The monoisotopic (exact) mass is 287 g/mol. The molecule has 15 heavy (non-hydrogen) atoms. The van der Waals surface area contributed by atoms with E-state index in [1.165, 1.54) is 11.8 Å². The summed E-state index contributed by atoms with van der Waals surface area (Å²) in [5.74, 6) is 0.382. The van der Waals surface area contributed by atoms with Crippen LogP contribution >= 0.6 is 27.7 Å². The molecule has 0 heterocycles. The highest BCUT2D eigenvalue weighted by atomic mass is 79.9. The van der Waals surface area contributed by atoms with Gasteiger partial charge in [0.05, 0.1) is 18.3 Å². The maximum atomic E-state index is 9.17. The van der Waals surface area contributed by atoms with E-state index in [1.807, 2.05) is 12.1 Å². The second-order valence-corrected chi connectivity index (χ2v) is 4.88. The van der Waals surface area contributed by atoms with Gasteiger partial charge in [-0.1, -0.05) is 15.9 Å². The number of nitriles is 1. The molecule has 0 aliphatic heterocycles. The fraction of sp³-hybridized carbons (Fsp3) is 0.300. The average Bonchev–Trinajstić information content (AvgIpc) is 2.26. The van der Waals surface area contributed by atoms with E-state index in [1.54, 1.807) is 6.07 Å². The largest absolute Gasteiger partial charge is 0.394 e. The van der Waals surface area contributed by atoms with Gasteiger partial charge < -0.3 is 10.2 Å². The number of rotatable bonds is 4. The van der Waals surface area contributed by atoms with E-state index in [4.69, 9.17) is 10.4 Å². The number of halogens is 1. The van der Waals surface area contributed by atoms with Gasteiger partial charge in [0.2, 0.25) is 0 Å². The molecule has 80 valence electrons. The number of benzene rings is 1. The van der Waals surface area contributed by atoms with Crippen LogP contribution in [0.4, 0.5) is 0 Å². The number of hydrogen-bond acceptors (Lipinski definition) is 4.